The van der Waals surface area contributed by atoms with Gasteiger partial charge in [-0.2, -0.15) is 11.8 Å². The van der Waals surface area contributed by atoms with E-state index in [2.05, 4.69) is 10.6 Å². The summed E-state index contributed by atoms with van der Waals surface area (Å²) >= 11 is 13.6. The molecule has 0 bridgehead atoms. The summed E-state index contributed by atoms with van der Waals surface area (Å²) in [6.07, 6.45) is 3.33. The van der Waals surface area contributed by atoms with Crippen LogP contribution in [0.25, 0.3) is 0 Å². The number of rotatable bonds is 7. The van der Waals surface area contributed by atoms with Crippen molar-refractivity contribution in [3.63, 3.8) is 0 Å². The average molecular weight is 462 g/mol. The Morgan fingerprint density at radius 2 is 1.97 bits per heavy atom. The van der Waals surface area contributed by atoms with E-state index < -0.39 is 11.9 Å². The minimum Gasteiger partial charge on any atom is -0.453 e. The van der Waals surface area contributed by atoms with Crippen molar-refractivity contribution in [3.8, 4) is 0 Å². The van der Waals surface area contributed by atoms with Gasteiger partial charge in [-0.05, 0) is 49.5 Å². The zero-order chi connectivity index (χ0) is 21.4. The Balaban J connectivity index is 1.97. The molecule has 1 aromatic carbocycles. The Morgan fingerprint density at radius 1 is 1.28 bits per heavy atom. The standard InChI is InChI=1S/C19H25Cl2N3O4S/c1-28-19(27)24-8-5-13(6-9-24)22-18(26)16(7-10-29-2)23-17(25)14-4-3-12(20)11-15(14)21/h3-4,11,13,16H,5-10H2,1-2H3,(H,22,26)(H,23,25). The highest BCUT2D eigenvalue weighted by molar-refractivity contribution is 7.98. The van der Waals surface area contributed by atoms with E-state index in [1.165, 1.54) is 19.2 Å². The van der Waals surface area contributed by atoms with Gasteiger partial charge in [-0.15, -0.1) is 0 Å². The van der Waals surface area contributed by atoms with E-state index in [0.717, 1.165) is 0 Å². The van der Waals surface area contributed by atoms with Crippen LogP contribution < -0.4 is 10.6 Å². The van der Waals surface area contributed by atoms with Crippen LogP contribution >= 0.6 is 35.0 Å². The molecule has 0 spiro atoms. The Kier molecular flexibility index (Phi) is 9.39. The lowest BCUT2D eigenvalue weighted by molar-refractivity contribution is -0.124. The third-order valence-electron chi connectivity index (χ3n) is 4.68. The van der Waals surface area contributed by atoms with E-state index in [1.807, 2.05) is 6.26 Å². The van der Waals surface area contributed by atoms with Gasteiger partial charge < -0.3 is 20.3 Å². The van der Waals surface area contributed by atoms with Gasteiger partial charge in [-0.1, -0.05) is 23.2 Å². The lowest BCUT2D eigenvalue weighted by Gasteiger charge is -2.32. The molecule has 1 aliphatic rings. The molecule has 1 atom stereocenters. The Morgan fingerprint density at radius 3 is 2.55 bits per heavy atom. The van der Waals surface area contributed by atoms with E-state index in [4.69, 9.17) is 27.9 Å². The number of carbonyl (C=O) groups excluding carboxylic acids is 3. The molecule has 160 valence electrons. The maximum atomic E-state index is 12.8. The summed E-state index contributed by atoms with van der Waals surface area (Å²) in [5.74, 6) is 0.0514. The van der Waals surface area contributed by atoms with E-state index in [0.29, 0.717) is 43.1 Å². The fourth-order valence-electron chi connectivity index (χ4n) is 3.05. The number of carbonyl (C=O) groups is 3. The maximum absolute atomic E-state index is 12.8. The van der Waals surface area contributed by atoms with Crippen molar-refractivity contribution < 1.29 is 19.1 Å². The predicted molar refractivity (Wildman–Crippen MR) is 116 cm³/mol. The van der Waals surface area contributed by atoms with Gasteiger partial charge >= 0.3 is 6.09 Å². The van der Waals surface area contributed by atoms with Crippen molar-refractivity contribution in [1.82, 2.24) is 15.5 Å². The van der Waals surface area contributed by atoms with Crippen LogP contribution in [-0.4, -0.2) is 67.1 Å². The van der Waals surface area contributed by atoms with Crippen LogP contribution in [0.4, 0.5) is 4.79 Å². The molecule has 1 aromatic rings. The van der Waals surface area contributed by atoms with Gasteiger partial charge in [-0.25, -0.2) is 4.79 Å². The first-order valence-electron chi connectivity index (χ1n) is 9.23. The molecule has 0 saturated carbocycles. The summed E-state index contributed by atoms with van der Waals surface area (Å²) in [7, 11) is 1.35. The quantitative estimate of drug-likeness (QED) is 0.650. The average Bonchev–Trinajstić information content (AvgIpc) is 2.70. The van der Waals surface area contributed by atoms with Crippen molar-refractivity contribution in [3.05, 3.63) is 33.8 Å². The minimum atomic E-state index is -0.680. The van der Waals surface area contributed by atoms with E-state index in [1.54, 1.807) is 22.7 Å². The van der Waals surface area contributed by atoms with Crippen LogP contribution in [0.2, 0.25) is 10.0 Å². The second-order valence-corrected chi connectivity index (χ2v) is 8.50. The monoisotopic (exact) mass is 461 g/mol. The van der Waals surface area contributed by atoms with Crippen LogP contribution in [-0.2, 0) is 9.53 Å². The number of thioether (sulfide) groups is 1. The molecule has 2 N–H and O–H groups in total. The summed E-state index contributed by atoms with van der Waals surface area (Å²) in [6.45, 7) is 1.03. The molecule has 1 aliphatic heterocycles. The molecule has 0 aromatic heterocycles. The molecule has 0 radical (unpaired) electrons. The van der Waals surface area contributed by atoms with Crippen molar-refractivity contribution in [2.45, 2.75) is 31.3 Å². The first-order chi connectivity index (χ1) is 13.8. The lowest BCUT2D eigenvalue weighted by Crippen LogP contribution is -2.52. The van der Waals surface area contributed by atoms with Gasteiger partial charge in [0.05, 0.1) is 17.7 Å². The molecule has 2 rings (SSSR count). The topological polar surface area (TPSA) is 87.7 Å². The number of benzene rings is 1. The van der Waals surface area contributed by atoms with Crippen LogP contribution in [0, 0.1) is 0 Å². The molecule has 29 heavy (non-hydrogen) atoms. The second-order valence-electron chi connectivity index (χ2n) is 6.67. The summed E-state index contributed by atoms with van der Waals surface area (Å²) in [4.78, 5) is 38.6. The maximum Gasteiger partial charge on any atom is 0.409 e. The summed E-state index contributed by atoms with van der Waals surface area (Å²) in [5, 5.41) is 6.43. The Labute approximate surface area is 184 Å². The highest BCUT2D eigenvalue weighted by atomic mass is 35.5. The number of halogens is 2. The number of likely N-dealkylation sites (tertiary alicyclic amines) is 1. The molecule has 7 nitrogen and oxygen atoms in total. The van der Waals surface area contributed by atoms with Gasteiger partial charge in [0.15, 0.2) is 0 Å². The molecule has 1 saturated heterocycles. The number of ether oxygens (including phenoxy) is 1. The minimum absolute atomic E-state index is 0.0591. The number of methoxy groups -OCH3 is 1. The second kappa shape index (κ2) is 11.5. The molecule has 10 heteroatoms. The van der Waals surface area contributed by atoms with Crippen molar-refractivity contribution in [1.29, 1.82) is 0 Å². The van der Waals surface area contributed by atoms with Crippen LogP contribution in [0.15, 0.2) is 18.2 Å². The summed E-state index contributed by atoms with van der Waals surface area (Å²) in [6, 6.07) is 3.86. The zero-order valence-corrected chi connectivity index (χ0v) is 18.7. The molecule has 0 aliphatic carbocycles. The van der Waals surface area contributed by atoms with E-state index >= 15 is 0 Å². The van der Waals surface area contributed by atoms with Crippen LogP contribution in [0.5, 0.6) is 0 Å². The molecule has 1 fully saturated rings. The summed E-state index contributed by atoms with van der Waals surface area (Å²) < 4.78 is 4.72. The van der Waals surface area contributed by atoms with Crippen molar-refractivity contribution in [2.24, 2.45) is 0 Å². The fourth-order valence-corrected chi connectivity index (χ4v) is 4.02. The zero-order valence-electron chi connectivity index (χ0n) is 16.4. The smallest absolute Gasteiger partial charge is 0.409 e. The third kappa shape index (κ3) is 6.97. The first-order valence-corrected chi connectivity index (χ1v) is 11.4. The molecular weight excluding hydrogens is 437 g/mol. The first kappa shape index (κ1) is 23.6. The largest absolute Gasteiger partial charge is 0.453 e. The fraction of sp³-hybridized carbons (Fsp3) is 0.526. The van der Waals surface area contributed by atoms with Crippen molar-refractivity contribution in [2.75, 3.05) is 32.2 Å². The van der Waals surface area contributed by atoms with Gasteiger partial charge in [0, 0.05) is 24.2 Å². The number of nitrogens with zero attached hydrogens (tertiary/aromatic N) is 1. The van der Waals surface area contributed by atoms with E-state index in [-0.39, 0.29) is 28.6 Å². The van der Waals surface area contributed by atoms with Gasteiger partial charge in [0.1, 0.15) is 6.04 Å². The number of nitrogens with one attached hydrogen (secondary N) is 2. The number of piperidine rings is 1. The molecule has 3 amide bonds. The lowest BCUT2D eigenvalue weighted by atomic mass is 10.0. The van der Waals surface area contributed by atoms with Crippen molar-refractivity contribution >= 4 is 52.9 Å². The number of amides is 3. The Bertz CT molecular complexity index is 742. The number of hydrogen-bond acceptors (Lipinski definition) is 5. The normalized spacial score (nSPS) is 15.5. The molecule has 1 unspecified atom stereocenters. The van der Waals surface area contributed by atoms with Gasteiger partial charge in [-0.3, -0.25) is 9.59 Å². The Hall–Kier alpha value is -1.64. The molecule has 1 heterocycles. The molecular formula is C19H25Cl2N3O4S. The highest BCUT2D eigenvalue weighted by Crippen LogP contribution is 2.21. The SMILES string of the molecule is COC(=O)N1CCC(NC(=O)C(CCSC)NC(=O)c2ccc(Cl)cc2Cl)CC1. The van der Waals surface area contributed by atoms with Gasteiger partial charge in [0.2, 0.25) is 5.91 Å². The van der Waals surface area contributed by atoms with Gasteiger partial charge in [0.25, 0.3) is 5.91 Å². The van der Waals surface area contributed by atoms with Crippen LogP contribution in [0.1, 0.15) is 29.6 Å². The highest BCUT2D eigenvalue weighted by Gasteiger charge is 2.28. The van der Waals surface area contributed by atoms with Crippen LogP contribution in [0.3, 0.4) is 0 Å². The summed E-state index contributed by atoms with van der Waals surface area (Å²) in [5.41, 5.74) is 0.268. The number of hydrogen-bond donors (Lipinski definition) is 2. The van der Waals surface area contributed by atoms with E-state index in [9.17, 15) is 14.4 Å². The third-order valence-corrected chi connectivity index (χ3v) is 5.87. The predicted octanol–water partition coefficient (Wildman–Crippen LogP) is 3.19.